The van der Waals surface area contributed by atoms with Gasteiger partial charge in [-0.1, -0.05) is 0 Å². The van der Waals surface area contributed by atoms with E-state index < -0.39 is 0 Å². The van der Waals surface area contributed by atoms with Crippen molar-refractivity contribution in [2.75, 3.05) is 26.4 Å². The quantitative estimate of drug-likeness (QED) is 0.637. The molecule has 0 radical (unpaired) electrons. The molecule has 0 bridgehead atoms. The lowest BCUT2D eigenvalue weighted by atomic mass is 9.95. The minimum atomic E-state index is 0.192. The van der Waals surface area contributed by atoms with E-state index in [-0.39, 0.29) is 5.54 Å². The van der Waals surface area contributed by atoms with Crippen LogP contribution in [0.25, 0.3) is 0 Å². The van der Waals surface area contributed by atoms with Gasteiger partial charge in [-0.3, -0.25) is 0 Å². The van der Waals surface area contributed by atoms with E-state index in [9.17, 15) is 0 Å². The van der Waals surface area contributed by atoms with Crippen molar-refractivity contribution in [3.63, 3.8) is 0 Å². The van der Waals surface area contributed by atoms with E-state index in [0.717, 1.165) is 39.0 Å². The molecule has 0 aliphatic carbocycles. The average molecular weight is 201 g/mol. The maximum Gasteiger partial charge on any atom is 0.0645 e. The molecule has 2 N–H and O–H groups in total. The SMILES string of the molecule is CC1(NCCCCCO)CCCOC1. The van der Waals surface area contributed by atoms with Crippen molar-refractivity contribution in [3.8, 4) is 0 Å². The van der Waals surface area contributed by atoms with Crippen molar-refractivity contribution in [1.82, 2.24) is 5.32 Å². The van der Waals surface area contributed by atoms with E-state index in [4.69, 9.17) is 9.84 Å². The molecule has 14 heavy (non-hydrogen) atoms. The summed E-state index contributed by atoms with van der Waals surface area (Å²) in [6.45, 7) is 5.35. The predicted octanol–water partition coefficient (Wildman–Crippen LogP) is 1.31. The van der Waals surface area contributed by atoms with Crippen LogP contribution in [-0.4, -0.2) is 37.0 Å². The van der Waals surface area contributed by atoms with Crippen LogP contribution in [0.5, 0.6) is 0 Å². The molecule has 3 nitrogen and oxygen atoms in total. The third-order valence-corrected chi connectivity index (χ3v) is 2.82. The summed E-state index contributed by atoms with van der Waals surface area (Å²) in [5, 5.41) is 12.2. The zero-order valence-corrected chi connectivity index (χ0v) is 9.22. The highest BCUT2D eigenvalue weighted by molar-refractivity contribution is 4.84. The molecule has 0 saturated carbocycles. The first-order valence-electron chi connectivity index (χ1n) is 5.70. The molecule has 0 aromatic rings. The maximum absolute atomic E-state index is 8.62. The van der Waals surface area contributed by atoms with Crippen LogP contribution in [-0.2, 0) is 4.74 Å². The van der Waals surface area contributed by atoms with Crippen molar-refractivity contribution in [1.29, 1.82) is 0 Å². The van der Waals surface area contributed by atoms with Gasteiger partial charge in [0.05, 0.1) is 6.61 Å². The monoisotopic (exact) mass is 201 g/mol. The van der Waals surface area contributed by atoms with Crippen molar-refractivity contribution < 1.29 is 9.84 Å². The Balaban J connectivity index is 2.03. The van der Waals surface area contributed by atoms with Crippen LogP contribution >= 0.6 is 0 Å². The summed E-state index contributed by atoms with van der Waals surface area (Å²) in [6.07, 6.45) is 5.57. The molecule has 1 saturated heterocycles. The van der Waals surface area contributed by atoms with Gasteiger partial charge in [-0.2, -0.15) is 0 Å². The molecule has 0 aromatic heterocycles. The van der Waals surface area contributed by atoms with Crippen molar-refractivity contribution >= 4 is 0 Å². The average Bonchev–Trinajstić information content (AvgIpc) is 2.18. The Hall–Kier alpha value is -0.120. The van der Waals surface area contributed by atoms with Gasteiger partial charge in [-0.25, -0.2) is 0 Å². The van der Waals surface area contributed by atoms with Crippen molar-refractivity contribution in [2.45, 2.75) is 44.6 Å². The number of aliphatic hydroxyl groups is 1. The summed E-state index contributed by atoms with van der Waals surface area (Å²) in [6, 6.07) is 0. The highest BCUT2D eigenvalue weighted by atomic mass is 16.5. The summed E-state index contributed by atoms with van der Waals surface area (Å²) in [5.41, 5.74) is 0.192. The molecule has 0 spiro atoms. The number of rotatable bonds is 6. The van der Waals surface area contributed by atoms with Crippen LogP contribution in [0.15, 0.2) is 0 Å². The predicted molar refractivity (Wildman–Crippen MR) is 57.4 cm³/mol. The summed E-state index contributed by atoms with van der Waals surface area (Å²) < 4.78 is 5.46. The van der Waals surface area contributed by atoms with Crippen molar-refractivity contribution in [2.24, 2.45) is 0 Å². The fourth-order valence-electron chi connectivity index (χ4n) is 1.88. The van der Waals surface area contributed by atoms with E-state index in [2.05, 4.69) is 12.2 Å². The molecular formula is C11H23NO2. The lowest BCUT2D eigenvalue weighted by Crippen LogP contribution is -2.49. The second-order valence-corrected chi connectivity index (χ2v) is 4.43. The molecule has 84 valence electrons. The van der Waals surface area contributed by atoms with Crippen LogP contribution in [0.3, 0.4) is 0 Å². The van der Waals surface area contributed by atoms with E-state index in [1.807, 2.05) is 0 Å². The molecule has 1 heterocycles. The highest BCUT2D eigenvalue weighted by Crippen LogP contribution is 2.18. The first-order chi connectivity index (χ1) is 6.77. The molecule has 1 aliphatic rings. The Morgan fingerprint density at radius 2 is 2.21 bits per heavy atom. The standard InChI is InChI=1S/C11H23NO2/c1-11(6-5-9-14-10-11)12-7-3-2-4-8-13/h12-13H,2-10H2,1H3. The Morgan fingerprint density at radius 3 is 2.86 bits per heavy atom. The van der Waals surface area contributed by atoms with Crippen molar-refractivity contribution in [3.05, 3.63) is 0 Å². The summed E-state index contributed by atoms with van der Waals surface area (Å²) in [5.74, 6) is 0. The molecule has 1 fully saturated rings. The highest BCUT2D eigenvalue weighted by Gasteiger charge is 2.26. The second-order valence-electron chi connectivity index (χ2n) is 4.43. The van der Waals surface area contributed by atoms with Gasteiger partial charge in [0.1, 0.15) is 0 Å². The third kappa shape index (κ3) is 4.40. The maximum atomic E-state index is 8.62. The second kappa shape index (κ2) is 6.38. The van der Waals surface area contributed by atoms with Crippen LogP contribution in [0.1, 0.15) is 39.0 Å². The molecule has 1 unspecified atom stereocenters. The number of aliphatic hydroxyl groups excluding tert-OH is 1. The topological polar surface area (TPSA) is 41.5 Å². The first-order valence-corrected chi connectivity index (χ1v) is 5.70. The molecule has 1 atom stereocenters. The largest absolute Gasteiger partial charge is 0.396 e. The van der Waals surface area contributed by atoms with E-state index in [1.165, 1.54) is 12.8 Å². The van der Waals surface area contributed by atoms with Gasteiger partial charge < -0.3 is 15.2 Å². The van der Waals surface area contributed by atoms with Gasteiger partial charge in [0.25, 0.3) is 0 Å². The fraction of sp³-hybridized carbons (Fsp3) is 1.00. The summed E-state index contributed by atoms with van der Waals surface area (Å²) in [7, 11) is 0. The minimum Gasteiger partial charge on any atom is -0.396 e. The lowest BCUT2D eigenvalue weighted by molar-refractivity contribution is 0.0285. The van der Waals surface area contributed by atoms with Gasteiger partial charge >= 0.3 is 0 Å². The Bertz CT molecular complexity index is 144. The zero-order chi connectivity index (χ0) is 10.3. The van der Waals surface area contributed by atoms with E-state index in [0.29, 0.717) is 6.61 Å². The van der Waals surface area contributed by atoms with Gasteiger partial charge in [0, 0.05) is 18.8 Å². The molecule has 1 rings (SSSR count). The van der Waals surface area contributed by atoms with E-state index >= 15 is 0 Å². The van der Waals surface area contributed by atoms with Crippen LogP contribution < -0.4 is 5.32 Å². The van der Waals surface area contributed by atoms with Gasteiger partial charge in [-0.05, 0) is 45.6 Å². The zero-order valence-electron chi connectivity index (χ0n) is 9.22. The Kier molecular flexibility index (Phi) is 5.45. The molecule has 1 aliphatic heterocycles. The number of unbranched alkanes of at least 4 members (excludes halogenated alkanes) is 2. The number of ether oxygens (including phenoxy) is 1. The smallest absolute Gasteiger partial charge is 0.0645 e. The van der Waals surface area contributed by atoms with Crippen LogP contribution in [0.4, 0.5) is 0 Å². The normalized spacial score (nSPS) is 27.9. The molecule has 0 amide bonds. The molecular weight excluding hydrogens is 178 g/mol. The Morgan fingerprint density at radius 1 is 1.36 bits per heavy atom. The number of nitrogens with one attached hydrogen (secondary N) is 1. The molecule has 3 heteroatoms. The summed E-state index contributed by atoms with van der Waals surface area (Å²) in [4.78, 5) is 0. The molecule has 0 aromatic carbocycles. The van der Waals surface area contributed by atoms with Gasteiger partial charge in [-0.15, -0.1) is 0 Å². The summed E-state index contributed by atoms with van der Waals surface area (Å²) >= 11 is 0. The van der Waals surface area contributed by atoms with Gasteiger partial charge in [0.2, 0.25) is 0 Å². The Labute approximate surface area is 86.8 Å². The van der Waals surface area contributed by atoms with Gasteiger partial charge in [0.15, 0.2) is 0 Å². The minimum absolute atomic E-state index is 0.192. The van der Waals surface area contributed by atoms with Crippen LogP contribution in [0.2, 0.25) is 0 Å². The number of hydrogen-bond donors (Lipinski definition) is 2. The lowest BCUT2D eigenvalue weighted by Gasteiger charge is -2.34. The first kappa shape index (κ1) is 12.0. The fourth-order valence-corrected chi connectivity index (χ4v) is 1.88. The van der Waals surface area contributed by atoms with Crippen LogP contribution in [0, 0.1) is 0 Å². The van der Waals surface area contributed by atoms with E-state index in [1.54, 1.807) is 0 Å². The number of hydrogen-bond acceptors (Lipinski definition) is 3. The third-order valence-electron chi connectivity index (χ3n) is 2.82.